The van der Waals surface area contributed by atoms with Crippen molar-refractivity contribution in [3.8, 4) is 5.75 Å². The fourth-order valence-electron chi connectivity index (χ4n) is 3.31. The Morgan fingerprint density at radius 1 is 1.26 bits per heavy atom. The monoisotopic (exact) mass is 575 g/mol. The zero-order valence-corrected chi connectivity index (χ0v) is 21.5. The fourth-order valence-corrected chi connectivity index (χ4v) is 4.90. The van der Waals surface area contributed by atoms with Gasteiger partial charge in [-0.05, 0) is 25.0 Å². The van der Waals surface area contributed by atoms with Crippen LogP contribution in [-0.4, -0.2) is 58.5 Å². The third-order valence-electron chi connectivity index (χ3n) is 4.85. The van der Waals surface area contributed by atoms with E-state index < -0.39 is 6.23 Å². The topological polar surface area (TPSA) is 72.0 Å². The van der Waals surface area contributed by atoms with E-state index in [9.17, 15) is 9.59 Å². The average molecular weight is 577 g/mol. The van der Waals surface area contributed by atoms with Crippen molar-refractivity contribution in [2.24, 2.45) is 0 Å². The zero-order valence-electron chi connectivity index (χ0n) is 17.5. The number of urea groups is 1. The minimum absolute atomic E-state index is 0.193. The number of ether oxygens (including phenoxy) is 2. The summed E-state index contributed by atoms with van der Waals surface area (Å²) in [6.45, 7) is 3.71. The van der Waals surface area contributed by atoms with Gasteiger partial charge in [-0.15, -0.1) is 0 Å². The summed E-state index contributed by atoms with van der Waals surface area (Å²) in [5, 5.41) is 1.83. The Kier molecular flexibility index (Phi) is 9.40. The van der Waals surface area contributed by atoms with Gasteiger partial charge in [0.15, 0.2) is 5.13 Å². The molecule has 1 aliphatic rings. The minimum atomic E-state index is -0.691. The molecule has 1 saturated heterocycles. The standard InChI is InChI=1S/C21H27Br2N3O4S/c1-2-3-4-13-29-15-7-5-8-16-19(15)24-20(31-16)26-17(30-18(27)9-11-23)14-25(21(26)28)12-6-10-22/h5,7-8,17H,2-4,6,9-14H2,1H3. The quantitative estimate of drug-likeness (QED) is 0.188. The van der Waals surface area contributed by atoms with E-state index in [1.165, 1.54) is 16.2 Å². The van der Waals surface area contributed by atoms with E-state index in [1.807, 2.05) is 18.2 Å². The highest BCUT2D eigenvalue weighted by Gasteiger charge is 2.42. The van der Waals surface area contributed by atoms with Crippen LogP contribution in [0.4, 0.5) is 9.93 Å². The SMILES string of the molecule is CCCCCOc1cccc2sc(N3C(=O)N(CCCBr)CC3OC(=O)CCBr)nc12. The van der Waals surface area contributed by atoms with Crippen LogP contribution in [0.2, 0.25) is 0 Å². The number of fused-ring (bicyclic) bond motifs is 1. The Balaban J connectivity index is 1.85. The first-order valence-corrected chi connectivity index (χ1v) is 13.6. The Hall–Kier alpha value is -1.39. The number of hydrogen-bond acceptors (Lipinski definition) is 6. The number of benzene rings is 1. The molecule has 0 spiro atoms. The smallest absolute Gasteiger partial charge is 0.329 e. The second kappa shape index (κ2) is 12.0. The van der Waals surface area contributed by atoms with E-state index in [2.05, 4.69) is 38.8 Å². The van der Waals surface area contributed by atoms with E-state index >= 15 is 0 Å². The van der Waals surface area contributed by atoms with Crippen LogP contribution in [0.5, 0.6) is 5.75 Å². The van der Waals surface area contributed by atoms with Crippen LogP contribution in [-0.2, 0) is 9.53 Å². The molecule has 1 aliphatic heterocycles. The van der Waals surface area contributed by atoms with Crippen molar-refractivity contribution in [3.05, 3.63) is 18.2 Å². The van der Waals surface area contributed by atoms with Crippen LogP contribution in [0.15, 0.2) is 18.2 Å². The third kappa shape index (κ3) is 6.10. The predicted molar refractivity (Wildman–Crippen MR) is 131 cm³/mol. The van der Waals surface area contributed by atoms with Crippen molar-refractivity contribution in [1.29, 1.82) is 0 Å². The number of nitrogens with zero attached hydrogens (tertiary/aromatic N) is 3. The molecule has 1 atom stereocenters. The molecular weight excluding hydrogens is 550 g/mol. The first-order valence-electron chi connectivity index (χ1n) is 10.5. The number of para-hydroxylation sites is 1. The normalized spacial score (nSPS) is 16.4. The van der Waals surface area contributed by atoms with E-state index in [0.717, 1.165) is 41.2 Å². The minimum Gasteiger partial charge on any atom is -0.491 e. The van der Waals surface area contributed by atoms with Gasteiger partial charge in [0.25, 0.3) is 0 Å². The molecule has 1 aromatic heterocycles. The maximum atomic E-state index is 13.1. The van der Waals surface area contributed by atoms with Gasteiger partial charge in [0.1, 0.15) is 11.3 Å². The average Bonchev–Trinajstić information content (AvgIpc) is 3.30. The van der Waals surface area contributed by atoms with Gasteiger partial charge in [-0.1, -0.05) is 69.0 Å². The van der Waals surface area contributed by atoms with Gasteiger partial charge in [-0.3, -0.25) is 4.79 Å². The lowest BCUT2D eigenvalue weighted by Crippen LogP contribution is -2.37. The zero-order chi connectivity index (χ0) is 22.2. The molecule has 31 heavy (non-hydrogen) atoms. The molecule has 0 saturated carbocycles. The molecule has 0 bridgehead atoms. The summed E-state index contributed by atoms with van der Waals surface area (Å²) in [7, 11) is 0. The molecule has 0 N–H and O–H groups in total. The van der Waals surface area contributed by atoms with Gasteiger partial charge in [-0.25, -0.2) is 14.7 Å². The van der Waals surface area contributed by atoms with Crippen molar-refractivity contribution in [3.63, 3.8) is 0 Å². The molecule has 170 valence electrons. The molecular formula is C21H27Br2N3O4S. The summed E-state index contributed by atoms with van der Waals surface area (Å²) in [6, 6.07) is 5.60. The molecule has 1 aromatic carbocycles. The maximum Gasteiger partial charge on any atom is 0.329 e. The van der Waals surface area contributed by atoms with E-state index in [0.29, 0.717) is 35.9 Å². The number of esters is 1. The summed E-state index contributed by atoms with van der Waals surface area (Å²) in [5.41, 5.74) is 0.733. The molecule has 0 radical (unpaired) electrons. The molecule has 2 aromatic rings. The lowest BCUT2D eigenvalue weighted by atomic mass is 10.2. The molecule has 7 nitrogen and oxygen atoms in total. The number of rotatable bonds is 12. The maximum absolute atomic E-state index is 13.1. The number of anilines is 1. The van der Waals surface area contributed by atoms with E-state index in [1.54, 1.807) is 4.90 Å². The van der Waals surface area contributed by atoms with E-state index in [4.69, 9.17) is 14.5 Å². The fraction of sp³-hybridized carbons (Fsp3) is 0.571. The highest BCUT2D eigenvalue weighted by Crippen LogP contribution is 2.37. The van der Waals surface area contributed by atoms with Crippen molar-refractivity contribution < 1.29 is 19.1 Å². The summed E-state index contributed by atoms with van der Waals surface area (Å²) < 4.78 is 12.5. The molecule has 3 rings (SSSR count). The summed E-state index contributed by atoms with van der Waals surface area (Å²) in [6.07, 6.45) is 3.61. The molecule has 0 aliphatic carbocycles. The second-order valence-electron chi connectivity index (χ2n) is 7.18. The van der Waals surface area contributed by atoms with Crippen LogP contribution in [0.25, 0.3) is 10.2 Å². The van der Waals surface area contributed by atoms with Crippen LogP contribution in [0.1, 0.15) is 39.0 Å². The predicted octanol–water partition coefficient (Wildman–Crippen LogP) is 5.55. The first-order chi connectivity index (χ1) is 15.1. The number of amides is 2. The largest absolute Gasteiger partial charge is 0.491 e. The number of thiazole rings is 1. The summed E-state index contributed by atoms with van der Waals surface area (Å²) in [4.78, 5) is 33.2. The molecule has 2 heterocycles. The molecule has 1 unspecified atom stereocenters. The van der Waals surface area contributed by atoms with Gasteiger partial charge in [-0.2, -0.15) is 0 Å². The molecule has 1 fully saturated rings. The van der Waals surface area contributed by atoms with Crippen LogP contribution >= 0.6 is 43.2 Å². The summed E-state index contributed by atoms with van der Waals surface area (Å²) >= 11 is 8.07. The van der Waals surface area contributed by atoms with E-state index in [-0.39, 0.29) is 18.4 Å². The van der Waals surface area contributed by atoms with Gasteiger partial charge in [0, 0.05) is 17.2 Å². The number of carbonyl (C=O) groups excluding carboxylic acids is 2. The van der Waals surface area contributed by atoms with Crippen molar-refractivity contribution in [1.82, 2.24) is 9.88 Å². The highest BCUT2D eigenvalue weighted by molar-refractivity contribution is 9.09. The lowest BCUT2D eigenvalue weighted by Gasteiger charge is -2.20. The van der Waals surface area contributed by atoms with Crippen molar-refractivity contribution in [2.75, 3.05) is 35.3 Å². The van der Waals surface area contributed by atoms with Crippen LogP contribution < -0.4 is 9.64 Å². The Morgan fingerprint density at radius 3 is 2.84 bits per heavy atom. The summed E-state index contributed by atoms with van der Waals surface area (Å²) in [5.74, 6) is 0.370. The van der Waals surface area contributed by atoms with Gasteiger partial charge >= 0.3 is 12.0 Å². The number of unbranched alkanes of at least 4 members (excludes halogenated alkanes) is 2. The van der Waals surface area contributed by atoms with Gasteiger partial charge in [0.05, 0.1) is 24.3 Å². The Labute approximate surface area is 203 Å². The molecule has 2 amide bonds. The molecule has 10 heteroatoms. The number of carbonyl (C=O) groups is 2. The number of halogens is 2. The first kappa shape index (κ1) is 24.3. The van der Waals surface area contributed by atoms with Gasteiger partial charge in [0.2, 0.25) is 6.23 Å². The Morgan fingerprint density at radius 2 is 2.10 bits per heavy atom. The van der Waals surface area contributed by atoms with Gasteiger partial charge < -0.3 is 14.4 Å². The highest BCUT2D eigenvalue weighted by atomic mass is 79.9. The van der Waals surface area contributed by atoms with Crippen molar-refractivity contribution in [2.45, 2.75) is 45.3 Å². The van der Waals surface area contributed by atoms with Crippen molar-refractivity contribution >= 4 is 70.5 Å². The number of alkyl halides is 2. The van der Waals surface area contributed by atoms with Crippen LogP contribution in [0.3, 0.4) is 0 Å². The second-order valence-corrected chi connectivity index (χ2v) is 9.77. The van der Waals surface area contributed by atoms with Crippen LogP contribution in [0, 0.1) is 0 Å². The lowest BCUT2D eigenvalue weighted by molar-refractivity contribution is -0.147. The number of hydrogen-bond donors (Lipinski definition) is 0. The Bertz CT molecular complexity index is 895. The number of aromatic nitrogens is 1. The third-order valence-corrected chi connectivity index (χ3v) is 6.83.